The lowest BCUT2D eigenvalue weighted by Gasteiger charge is -2.13. The highest BCUT2D eigenvalue weighted by Crippen LogP contribution is 2.15. The minimum atomic E-state index is 0.265. The summed E-state index contributed by atoms with van der Waals surface area (Å²) in [6, 6.07) is 1.86. The molecule has 0 fully saturated rings. The number of nitrogen functional groups attached to an aromatic ring is 1. The maximum absolute atomic E-state index is 6.13. The van der Waals surface area contributed by atoms with Crippen molar-refractivity contribution in [3.05, 3.63) is 41.2 Å². The number of nitrogens with zero attached hydrogens (tertiary/aromatic N) is 3. The van der Waals surface area contributed by atoms with Gasteiger partial charge >= 0.3 is 0 Å². The summed E-state index contributed by atoms with van der Waals surface area (Å²) in [5.41, 5.74) is 7.52. The average Bonchev–Trinajstić information content (AvgIpc) is 2.97. The average molecular weight is 339 g/mol. The van der Waals surface area contributed by atoms with Crippen molar-refractivity contribution in [2.24, 2.45) is 5.92 Å². The molecule has 0 saturated heterocycles. The molecule has 2 heterocycles. The van der Waals surface area contributed by atoms with Crippen LogP contribution in [0.1, 0.15) is 13.3 Å². The monoisotopic (exact) mass is 339 g/mol. The van der Waals surface area contributed by atoms with Crippen LogP contribution in [-0.2, 0) is 4.74 Å². The van der Waals surface area contributed by atoms with E-state index in [1.165, 1.54) is 0 Å². The number of ether oxygens (including phenoxy) is 1. The first-order valence-electron chi connectivity index (χ1n) is 8.51. The number of nitrogens with one attached hydrogen (secondary N) is 1. The molecule has 6 heteroatoms. The Hall–Kier alpha value is -2.60. The first kappa shape index (κ1) is 17.2. The van der Waals surface area contributed by atoms with Crippen molar-refractivity contribution in [1.29, 1.82) is 0 Å². The van der Waals surface area contributed by atoms with E-state index in [9.17, 15) is 0 Å². The van der Waals surface area contributed by atoms with Crippen molar-refractivity contribution in [1.82, 2.24) is 19.9 Å². The Labute approximate surface area is 147 Å². The maximum Gasteiger partial charge on any atom is 0.220 e. The highest BCUT2D eigenvalue weighted by atomic mass is 16.5. The highest BCUT2D eigenvalue weighted by molar-refractivity contribution is 5.67. The van der Waals surface area contributed by atoms with Crippen LogP contribution >= 0.6 is 0 Å². The number of hydrogen-bond acceptors (Lipinski definition) is 5. The van der Waals surface area contributed by atoms with Crippen LogP contribution in [0.5, 0.6) is 0 Å². The second-order valence-corrected chi connectivity index (χ2v) is 6.58. The zero-order valence-electron chi connectivity index (χ0n) is 15.0. The van der Waals surface area contributed by atoms with Gasteiger partial charge in [0.15, 0.2) is 0 Å². The molecule has 25 heavy (non-hydrogen) atoms. The maximum atomic E-state index is 6.13. The lowest BCUT2D eigenvalue weighted by molar-refractivity contribution is 0.232. The van der Waals surface area contributed by atoms with Gasteiger partial charge in [0.25, 0.3) is 0 Å². The van der Waals surface area contributed by atoms with Crippen molar-refractivity contribution in [2.75, 3.05) is 33.0 Å². The molecule has 0 bridgehead atoms. The minimum Gasteiger partial charge on any atom is -0.492 e. The lowest BCUT2D eigenvalue weighted by Crippen LogP contribution is -2.29. The Bertz CT molecular complexity index is 881. The van der Waals surface area contributed by atoms with Crippen molar-refractivity contribution < 1.29 is 4.74 Å². The summed E-state index contributed by atoms with van der Waals surface area (Å²) >= 11 is 0. The van der Waals surface area contributed by atoms with Crippen LogP contribution in [0, 0.1) is 5.92 Å². The summed E-state index contributed by atoms with van der Waals surface area (Å²) < 4.78 is 6.13. The third-order valence-electron chi connectivity index (χ3n) is 4.17. The van der Waals surface area contributed by atoms with Crippen LogP contribution in [0.2, 0.25) is 0 Å². The van der Waals surface area contributed by atoms with E-state index in [2.05, 4.69) is 45.0 Å². The summed E-state index contributed by atoms with van der Waals surface area (Å²) in [6.07, 6.45) is 11.1. The number of anilines is 1. The first-order chi connectivity index (χ1) is 12.0. The topological polar surface area (TPSA) is 80.1 Å². The molecule has 1 aliphatic rings. The highest BCUT2D eigenvalue weighted by Gasteiger charge is 2.12. The molecule has 0 saturated carbocycles. The number of allylic oxidation sites excluding steroid dienone is 1. The molecule has 0 aliphatic heterocycles. The van der Waals surface area contributed by atoms with Crippen LogP contribution in [0.25, 0.3) is 23.1 Å². The van der Waals surface area contributed by atoms with Gasteiger partial charge in [0.1, 0.15) is 12.4 Å². The molecule has 1 unspecified atom stereocenters. The van der Waals surface area contributed by atoms with Crippen LogP contribution in [0.15, 0.2) is 30.6 Å². The number of likely N-dealkylation sites (N-methyl/N-ethyl adjacent to an activating group) is 1. The number of fused-ring (bicyclic) bond motifs is 1. The number of H-pyrrole nitrogens is 1. The predicted octanol–water partition coefficient (Wildman–Crippen LogP) is 1.12. The van der Waals surface area contributed by atoms with E-state index in [0.29, 0.717) is 12.5 Å². The molecule has 2 aromatic heterocycles. The molecular weight excluding hydrogens is 314 g/mol. The summed E-state index contributed by atoms with van der Waals surface area (Å²) in [4.78, 5) is 13.8. The third-order valence-corrected chi connectivity index (χ3v) is 4.17. The second kappa shape index (κ2) is 7.53. The normalized spacial score (nSPS) is 21.8. The molecular formula is C19H25N5O. The summed E-state index contributed by atoms with van der Waals surface area (Å²) in [5.74, 6) is 1.58. The number of nitrogens with two attached hydrogens (primary N) is 1. The Morgan fingerprint density at radius 1 is 1.40 bits per heavy atom. The zero-order valence-corrected chi connectivity index (χ0v) is 15.0. The Balaban J connectivity index is 2.14. The van der Waals surface area contributed by atoms with Gasteiger partial charge in [-0.05, 0) is 38.6 Å². The van der Waals surface area contributed by atoms with Gasteiger partial charge in [-0.1, -0.05) is 19.1 Å². The van der Waals surface area contributed by atoms with Crippen LogP contribution in [0.3, 0.4) is 0 Å². The zero-order chi connectivity index (χ0) is 17.8. The molecule has 2 aromatic rings. The largest absolute Gasteiger partial charge is 0.492 e. The van der Waals surface area contributed by atoms with Crippen molar-refractivity contribution in [3.63, 3.8) is 0 Å². The van der Waals surface area contributed by atoms with Gasteiger partial charge in [-0.25, -0.2) is 9.97 Å². The molecule has 132 valence electrons. The summed E-state index contributed by atoms with van der Waals surface area (Å²) in [5, 5.41) is 2.09. The molecule has 6 nitrogen and oxygen atoms in total. The molecule has 0 aromatic carbocycles. The van der Waals surface area contributed by atoms with E-state index in [1.807, 2.05) is 26.4 Å². The van der Waals surface area contributed by atoms with E-state index >= 15 is 0 Å². The van der Waals surface area contributed by atoms with Gasteiger partial charge in [-0.15, -0.1) is 0 Å². The van der Waals surface area contributed by atoms with Crippen LogP contribution < -0.4 is 16.3 Å². The SMILES string of the molecule is CC1\C=C/C(OCCN(C)C)=c2/c(-c3ccnc(N)n3)c[nH]/c2=C\C1. The summed E-state index contributed by atoms with van der Waals surface area (Å²) in [6.45, 7) is 3.67. The Morgan fingerprint density at radius 3 is 3.00 bits per heavy atom. The summed E-state index contributed by atoms with van der Waals surface area (Å²) in [7, 11) is 4.07. The number of hydrogen-bond donors (Lipinski definition) is 2. The fraction of sp³-hybridized carbons (Fsp3) is 0.368. The van der Waals surface area contributed by atoms with Gasteiger partial charge in [-0.3, -0.25) is 0 Å². The van der Waals surface area contributed by atoms with E-state index < -0.39 is 0 Å². The molecule has 0 amide bonds. The molecule has 3 rings (SSSR count). The molecule has 1 atom stereocenters. The first-order valence-corrected chi connectivity index (χ1v) is 8.51. The van der Waals surface area contributed by atoms with Gasteiger partial charge < -0.3 is 20.4 Å². The van der Waals surface area contributed by atoms with Crippen molar-refractivity contribution in [2.45, 2.75) is 13.3 Å². The van der Waals surface area contributed by atoms with Gasteiger partial charge in [0.05, 0.1) is 10.9 Å². The van der Waals surface area contributed by atoms with Crippen molar-refractivity contribution >= 4 is 17.8 Å². The number of aromatic amines is 1. The van der Waals surface area contributed by atoms with Gasteiger partial charge in [0.2, 0.25) is 5.95 Å². The van der Waals surface area contributed by atoms with Crippen molar-refractivity contribution in [3.8, 4) is 11.3 Å². The minimum absolute atomic E-state index is 0.265. The Kier molecular flexibility index (Phi) is 5.19. The molecule has 0 radical (unpaired) electrons. The van der Waals surface area contributed by atoms with Gasteiger partial charge in [0, 0.05) is 29.9 Å². The predicted molar refractivity (Wildman–Crippen MR) is 101 cm³/mol. The van der Waals surface area contributed by atoms with E-state index in [4.69, 9.17) is 10.5 Å². The fourth-order valence-electron chi connectivity index (χ4n) is 2.77. The van der Waals surface area contributed by atoms with Crippen LogP contribution in [-0.4, -0.2) is 47.1 Å². The fourth-order valence-corrected chi connectivity index (χ4v) is 2.77. The lowest BCUT2D eigenvalue weighted by atomic mass is 10.0. The second-order valence-electron chi connectivity index (χ2n) is 6.58. The third kappa shape index (κ3) is 4.09. The smallest absolute Gasteiger partial charge is 0.220 e. The van der Waals surface area contributed by atoms with E-state index in [-0.39, 0.29) is 5.95 Å². The number of rotatable bonds is 5. The van der Waals surface area contributed by atoms with E-state index in [1.54, 1.807) is 6.20 Å². The standard InChI is InChI=1S/C19H25N5O/c1-13-4-6-16-18(17(7-5-13)25-11-10-24(2)3)14(12-22-16)15-8-9-21-19(20)23-15/h5-9,12-13,22H,4,10-11H2,1-3H3,(H2,20,21,23)/b7-5-,16-6-,18-17+. The molecule has 3 N–H and O–H groups in total. The molecule has 1 aliphatic carbocycles. The van der Waals surface area contributed by atoms with Crippen LogP contribution in [0.4, 0.5) is 5.95 Å². The van der Waals surface area contributed by atoms with Gasteiger partial charge in [-0.2, -0.15) is 0 Å². The Morgan fingerprint density at radius 2 is 2.24 bits per heavy atom. The van der Waals surface area contributed by atoms with E-state index in [0.717, 1.165) is 40.5 Å². The quantitative estimate of drug-likeness (QED) is 0.853. The molecule has 0 spiro atoms. The number of aromatic nitrogens is 3.